The molecule has 0 atom stereocenters. The van der Waals surface area contributed by atoms with Crippen molar-refractivity contribution in [2.75, 3.05) is 0 Å². The average molecular weight is 208 g/mol. The molecular formula is C15H28. The molecule has 0 heterocycles. The van der Waals surface area contributed by atoms with Gasteiger partial charge in [-0.15, -0.1) is 0 Å². The minimum absolute atomic E-state index is 0.646. The van der Waals surface area contributed by atoms with Gasteiger partial charge in [0.25, 0.3) is 0 Å². The van der Waals surface area contributed by atoms with Gasteiger partial charge in [-0.1, -0.05) is 27.2 Å². The second-order valence-electron chi connectivity index (χ2n) is 7.02. The lowest BCUT2D eigenvalue weighted by Gasteiger charge is -2.47. The normalized spacial score (nSPS) is 30.6. The molecule has 0 unspecified atom stereocenters. The van der Waals surface area contributed by atoms with E-state index in [9.17, 15) is 0 Å². The van der Waals surface area contributed by atoms with Crippen molar-refractivity contribution in [2.24, 2.45) is 16.7 Å². The topological polar surface area (TPSA) is 0 Å². The minimum Gasteiger partial charge on any atom is -0.0651 e. The first kappa shape index (κ1) is 11.5. The molecule has 0 nitrogen and oxygen atoms in total. The Morgan fingerprint density at radius 1 is 0.867 bits per heavy atom. The maximum absolute atomic E-state index is 2.46. The second kappa shape index (κ2) is 4.11. The lowest BCUT2D eigenvalue weighted by atomic mass is 9.58. The van der Waals surface area contributed by atoms with E-state index >= 15 is 0 Å². The van der Waals surface area contributed by atoms with Crippen molar-refractivity contribution >= 4 is 0 Å². The Balaban J connectivity index is 1.89. The molecular weight excluding hydrogens is 180 g/mol. The molecule has 1 spiro atoms. The molecule has 2 rings (SSSR count). The van der Waals surface area contributed by atoms with Crippen LogP contribution in [-0.2, 0) is 0 Å². The highest BCUT2D eigenvalue weighted by Crippen LogP contribution is 2.53. The first-order chi connectivity index (χ1) is 7.05. The highest BCUT2D eigenvalue weighted by atomic mass is 14.4. The fourth-order valence-corrected chi connectivity index (χ4v) is 3.66. The second-order valence-corrected chi connectivity index (χ2v) is 7.02. The Morgan fingerprint density at radius 3 is 1.87 bits per heavy atom. The fourth-order valence-electron chi connectivity index (χ4n) is 3.66. The van der Waals surface area contributed by atoms with Crippen LogP contribution in [0.15, 0.2) is 0 Å². The van der Waals surface area contributed by atoms with Gasteiger partial charge in [0.1, 0.15) is 0 Å². The van der Waals surface area contributed by atoms with Gasteiger partial charge in [-0.05, 0) is 68.1 Å². The minimum atomic E-state index is 0.646. The number of rotatable bonds is 1. The van der Waals surface area contributed by atoms with Crippen molar-refractivity contribution in [1.29, 1.82) is 0 Å². The van der Waals surface area contributed by atoms with E-state index in [-0.39, 0.29) is 0 Å². The Morgan fingerprint density at radius 2 is 1.40 bits per heavy atom. The van der Waals surface area contributed by atoms with Crippen molar-refractivity contribution in [3.8, 4) is 0 Å². The summed E-state index contributed by atoms with van der Waals surface area (Å²) >= 11 is 0. The quantitative estimate of drug-likeness (QED) is 0.557. The van der Waals surface area contributed by atoms with Crippen LogP contribution in [-0.4, -0.2) is 0 Å². The lowest BCUT2D eigenvalue weighted by Crippen LogP contribution is -2.34. The summed E-state index contributed by atoms with van der Waals surface area (Å²) in [4.78, 5) is 0. The third-order valence-electron chi connectivity index (χ3n) is 5.41. The van der Waals surface area contributed by atoms with Crippen molar-refractivity contribution in [2.45, 2.75) is 78.6 Å². The molecule has 0 aromatic rings. The van der Waals surface area contributed by atoms with E-state index in [1.165, 1.54) is 44.9 Å². The molecule has 0 aliphatic heterocycles. The third-order valence-corrected chi connectivity index (χ3v) is 5.41. The van der Waals surface area contributed by atoms with Crippen LogP contribution in [0.1, 0.15) is 78.6 Å². The molecule has 0 N–H and O–H groups in total. The van der Waals surface area contributed by atoms with Gasteiger partial charge in [0.15, 0.2) is 0 Å². The smallest absolute Gasteiger partial charge is 0.0297 e. The van der Waals surface area contributed by atoms with E-state index in [1.807, 2.05) is 0 Å². The average Bonchev–Trinajstić information content (AvgIpc) is 2.24. The van der Waals surface area contributed by atoms with Crippen LogP contribution in [0, 0.1) is 16.7 Å². The van der Waals surface area contributed by atoms with Gasteiger partial charge < -0.3 is 0 Å². The summed E-state index contributed by atoms with van der Waals surface area (Å²) in [5.74, 6) is 1.06. The van der Waals surface area contributed by atoms with Crippen LogP contribution in [0.3, 0.4) is 0 Å². The molecule has 0 amide bonds. The molecule has 2 saturated carbocycles. The lowest BCUT2D eigenvalue weighted by molar-refractivity contribution is 0.0477. The first-order valence-corrected chi connectivity index (χ1v) is 7.05. The Hall–Kier alpha value is 0. The summed E-state index contributed by atoms with van der Waals surface area (Å²) in [5, 5.41) is 0. The van der Waals surface area contributed by atoms with Crippen LogP contribution in [0.5, 0.6) is 0 Å². The third kappa shape index (κ3) is 2.57. The molecule has 15 heavy (non-hydrogen) atoms. The first-order valence-electron chi connectivity index (χ1n) is 7.05. The predicted molar refractivity (Wildman–Crippen MR) is 66.9 cm³/mol. The monoisotopic (exact) mass is 208 g/mol. The van der Waals surface area contributed by atoms with E-state index in [1.54, 1.807) is 12.8 Å². The van der Waals surface area contributed by atoms with Gasteiger partial charge in [-0.3, -0.25) is 0 Å². The standard InChI is InChI=1S/C15H28/c1-4-13-5-7-15(8-6-13)11-9-14(2,3)10-12-15/h13H,4-12H2,1-3H3. The predicted octanol–water partition coefficient (Wildman–Crippen LogP) is 5.17. The highest BCUT2D eigenvalue weighted by Gasteiger charge is 2.40. The van der Waals surface area contributed by atoms with Crippen LogP contribution >= 0.6 is 0 Å². The molecule has 88 valence electrons. The largest absolute Gasteiger partial charge is 0.0651 e. The summed E-state index contributed by atoms with van der Waals surface area (Å²) in [5.41, 5.74) is 1.44. The summed E-state index contributed by atoms with van der Waals surface area (Å²) in [7, 11) is 0. The zero-order chi connectivity index (χ0) is 10.9. The molecule has 0 heteroatoms. The number of hydrogen-bond donors (Lipinski definition) is 0. The van der Waals surface area contributed by atoms with Gasteiger partial charge in [0.05, 0.1) is 0 Å². The summed E-state index contributed by atoms with van der Waals surface area (Å²) in [6.07, 6.45) is 13.6. The van der Waals surface area contributed by atoms with Gasteiger partial charge in [0, 0.05) is 0 Å². The molecule has 0 bridgehead atoms. The van der Waals surface area contributed by atoms with E-state index in [0.717, 1.165) is 11.3 Å². The molecule has 0 aromatic heterocycles. The molecule has 0 aromatic carbocycles. The van der Waals surface area contributed by atoms with E-state index < -0.39 is 0 Å². The highest BCUT2D eigenvalue weighted by molar-refractivity contribution is 4.91. The van der Waals surface area contributed by atoms with E-state index in [2.05, 4.69) is 20.8 Å². The SMILES string of the molecule is CCC1CCC2(CC1)CCC(C)(C)CC2. The van der Waals surface area contributed by atoms with Crippen LogP contribution in [0.4, 0.5) is 0 Å². The molecule has 2 aliphatic rings. The number of hydrogen-bond acceptors (Lipinski definition) is 0. The van der Waals surface area contributed by atoms with Crippen molar-refractivity contribution in [1.82, 2.24) is 0 Å². The van der Waals surface area contributed by atoms with Crippen molar-refractivity contribution < 1.29 is 0 Å². The van der Waals surface area contributed by atoms with Crippen molar-refractivity contribution in [3.63, 3.8) is 0 Å². The Labute approximate surface area is 95.8 Å². The fraction of sp³-hybridized carbons (Fsp3) is 1.00. The summed E-state index contributed by atoms with van der Waals surface area (Å²) in [6, 6.07) is 0. The zero-order valence-corrected chi connectivity index (χ0v) is 10.9. The van der Waals surface area contributed by atoms with Crippen molar-refractivity contribution in [3.05, 3.63) is 0 Å². The van der Waals surface area contributed by atoms with Gasteiger partial charge in [-0.25, -0.2) is 0 Å². The molecule has 0 radical (unpaired) electrons. The van der Waals surface area contributed by atoms with Crippen LogP contribution in [0.25, 0.3) is 0 Å². The van der Waals surface area contributed by atoms with Crippen LogP contribution < -0.4 is 0 Å². The van der Waals surface area contributed by atoms with Gasteiger partial charge in [0.2, 0.25) is 0 Å². The Bertz CT molecular complexity index is 194. The summed E-state index contributed by atoms with van der Waals surface area (Å²) in [6.45, 7) is 7.28. The maximum atomic E-state index is 2.46. The van der Waals surface area contributed by atoms with E-state index in [0.29, 0.717) is 5.41 Å². The summed E-state index contributed by atoms with van der Waals surface area (Å²) < 4.78 is 0. The van der Waals surface area contributed by atoms with Gasteiger partial charge >= 0.3 is 0 Å². The van der Waals surface area contributed by atoms with E-state index in [4.69, 9.17) is 0 Å². The molecule has 2 fully saturated rings. The maximum Gasteiger partial charge on any atom is -0.0297 e. The molecule has 0 saturated heterocycles. The van der Waals surface area contributed by atoms with Gasteiger partial charge in [-0.2, -0.15) is 0 Å². The Kier molecular flexibility index (Phi) is 3.14. The molecule has 2 aliphatic carbocycles. The zero-order valence-electron chi connectivity index (χ0n) is 10.9. The van der Waals surface area contributed by atoms with Crippen LogP contribution in [0.2, 0.25) is 0 Å².